The highest BCUT2D eigenvalue weighted by Crippen LogP contribution is 2.10. The molecule has 1 rings (SSSR count). The molecule has 0 saturated heterocycles. The molecule has 0 radical (unpaired) electrons. The van der Waals surface area contributed by atoms with Crippen LogP contribution in [0, 0.1) is 0 Å². The summed E-state index contributed by atoms with van der Waals surface area (Å²) in [4.78, 5) is 2.43. The van der Waals surface area contributed by atoms with E-state index >= 15 is 0 Å². The molecule has 0 aliphatic heterocycles. The first kappa shape index (κ1) is 13.5. The third-order valence-electron chi connectivity index (χ3n) is 2.76. The van der Waals surface area contributed by atoms with E-state index in [0.29, 0.717) is 0 Å². The van der Waals surface area contributed by atoms with E-state index < -0.39 is 0 Å². The highest BCUT2D eigenvalue weighted by atomic mass is 35.5. The van der Waals surface area contributed by atoms with Crippen molar-refractivity contribution in [2.75, 3.05) is 26.2 Å². The smallest absolute Gasteiger partial charge is 0.0406 e. The topological polar surface area (TPSA) is 29.3 Å². The van der Waals surface area contributed by atoms with Crippen LogP contribution in [0.2, 0.25) is 5.02 Å². The minimum atomic E-state index is 0.775. The normalized spacial score (nSPS) is 11.0. The van der Waals surface area contributed by atoms with E-state index in [1.807, 2.05) is 12.1 Å². The fourth-order valence-electron chi connectivity index (χ4n) is 1.68. The molecule has 0 heterocycles. The van der Waals surface area contributed by atoms with Gasteiger partial charge in [-0.2, -0.15) is 0 Å². The largest absolute Gasteiger partial charge is 0.330 e. The van der Waals surface area contributed by atoms with Crippen molar-refractivity contribution in [2.24, 2.45) is 5.73 Å². The summed E-state index contributed by atoms with van der Waals surface area (Å²) in [5.41, 5.74) is 6.86. The van der Waals surface area contributed by atoms with E-state index in [-0.39, 0.29) is 0 Å². The number of nitrogens with two attached hydrogens (primary N) is 1. The zero-order valence-electron chi connectivity index (χ0n) is 9.95. The molecule has 0 bridgehead atoms. The van der Waals surface area contributed by atoms with Crippen molar-refractivity contribution in [3.05, 3.63) is 34.9 Å². The van der Waals surface area contributed by atoms with Crippen LogP contribution in [-0.4, -0.2) is 31.1 Å². The van der Waals surface area contributed by atoms with Crippen LogP contribution in [0.4, 0.5) is 0 Å². The maximum atomic E-state index is 5.85. The quantitative estimate of drug-likeness (QED) is 0.794. The summed E-state index contributed by atoms with van der Waals surface area (Å²) in [6, 6.07) is 8.10. The van der Waals surface area contributed by atoms with E-state index in [0.717, 1.165) is 44.0 Å². The van der Waals surface area contributed by atoms with E-state index in [1.54, 1.807) is 0 Å². The minimum Gasteiger partial charge on any atom is -0.330 e. The average Bonchev–Trinajstić information content (AvgIpc) is 2.32. The molecule has 0 aliphatic rings. The summed E-state index contributed by atoms with van der Waals surface area (Å²) in [5.74, 6) is 0. The van der Waals surface area contributed by atoms with Crippen LogP contribution >= 0.6 is 11.6 Å². The second kappa shape index (κ2) is 7.66. The molecule has 0 amide bonds. The summed E-state index contributed by atoms with van der Waals surface area (Å²) in [7, 11) is 0. The average molecular weight is 241 g/mol. The monoisotopic (exact) mass is 240 g/mol. The number of rotatable bonds is 7. The van der Waals surface area contributed by atoms with Crippen molar-refractivity contribution < 1.29 is 0 Å². The van der Waals surface area contributed by atoms with Gasteiger partial charge in [-0.1, -0.05) is 30.7 Å². The first-order chi connectivity index (χ1) is 7.76. The van der Waals surface area contributed by atoms with Gasteiger partial charge in [0.1, 0.15) is 0 Å². The summed E-state index contributed by atoms with van der Waals surface area (Å²) in [6.45, 7) is 6.25. The van der Waals surface area contributed by atoms with Gasteiger partial charge < -0.3 is 10.6 Å². The highest BCUT2D eigenvalue weighted by molar-refractivity contribution is 6.30. The van der Waals surface area contributed by atoms with Gasteiger partial charge in [0.2, 0.25) is 0 Å². The number of likely N-dealkylation sites (N-methyl/N-ethyl adjacent to an activating group) is 1. The van der Waals surface area contributed by atoms with Crippen molar-refractivity contribution in [1.82, 2.24) is 4.90 Å². The van der Waals surface area contributed by atoms with Gasteiger partial charge in [0.15, 0.2) is 0 Å². The third kappa shape index (κ3) is 4.97. The van der Waals surface area contributed by atoms with Crippen LogP contribution in [0.25, 0.3) is 0 Å². The van der Waals surface area contributed by atoms with E-state index in [9.17, 15) is 0 Å². The van der Waals surface area contributed by atoms with E-state index in [1.165, 1.54) is 5.56 Å². The molecule has 0 saturated carbocycles. The molecule has 0 fully saturated rings. The Bertz CT molecular complexity index is 284. The van der Waals surface area contributed by atoms with Gasteiger partial charge in [-0.3, -0.25) is 0 Å². The number of benzene rings is 1. The van der Waals surface area contributed by atoms with Gasteiger partial charge >= 0.3 is 0 Å². The molecule has 0 atom stereocenters. The van der Waals surface area contributed by atoms with Crippen LogP contribution in [0.5, 0.6) is 0 Å². The molecule has 1 aromatic rings. The van der Waals surface area contributed by atoms with Gasteiger partial charge in [0, 0.05) is 11.6 Å². The van der Waals surface area contributed by atoms with E-state index in [2.05, 4.69) is 24.0 Å². The van der Waals surface area contributed by atoms with Crippen LogP contribution in [0.1, 0.15) is 18.9 Å². The van der Waals surface area contributed by atoms with Gasteiger partial charge in [-0.15, -0.1) is 0 Å². The molecule has 0 aromatic heterocycles. The van der Waals surface area contributed by atoms with Crippen molar-refractivity contribution in [3.63, 3.8) is 0 Å². The lowest BCUT2D eigenvalue weighted by Gasteiger charge is -2.19. The van der Waals surface area contributed by atoms with Crippen LogP contribution in [-0.2, 0) is 6.42 Å². The number of halogens is 1. The molecule has 2 N–H and O–H groups in total. The Morgan fingerprint density at radius 3 is 2.44 bits per heavy atom. The molecule has 16 heavy (non-hydrogen) atoms. The summed E-state index contributed by atoms with van der Waals surface area (Å²) < 4.78 is 0. The lowest BCUT2D eigenvalue weighted by molar-refractivity contribution is 0.290. The molecule has 2 nitrogen and oxygen atoms in total. The van der Waals surface area contributed by atoms with Crippen LogP contribution < -0.4 is 5.73 Å². The Kier molecular flexibility index (Phi) is 6.46. The molecule has 0 spiro atoms. The maximum absolute atomic E-state index is 5.85. The fourth-order valence-corrected chi connectivity index (χ4v) is 1.81. The third-order valence-corrected chi connectivity index (χ3v) is 3.01. The Labute approximate surface area is 103 Å². The van der Waals surface area contributed by atoms with Crippen LogP contribution in [0.15, 0.2) is 24.3 Å². The standard InChI is InChI=1S/C13H21ClN2/c1-2-16(10-3-9-15)11-8-12-4-6-13(14)7-5-12/h4-7H,2-3,8-11,15H2,1H3. The van der Waals surface area contributed by atoms with Crippen molar-refractivity contribution in [1.29, 1.82) is 0 Å². The van der Waals surface area contributed by atoms with Crippen LogP contribution in [0.3, 0.4) is 0 Å². The first-order valence-corrected chi connectivity index (χ1v) is 6.31. The Balaban J connectivity index is 2.34. The molecule has 3 heteroatoms. The second-order valence-electron chi connectivity index (χ2n) is 3.95. The van der Waals surface area contributed by atoms with Gasteiger partial charge in [-0.25, -0.2) is 0 Å². The number of hydrogen-bond donors (Lipinski definition) is 1. The molecule has 90 valence electrons. The predicted octanol–water partition coefficient (Wildman–Crippen LogP) is 2.55. The lowest BCUT2D eigenvalue weighted by atomic mass is 10.1. The lowest BCUT2D eigenvalue weighted by Crippen LogP contribution is -2.28. The molecule has 1 aromatic carbocycles. The number of nitrogens with zero attached hydrogens (tertiary/aromatic N) is 1. The van der Waals surface area contributed by atoms with Gasteiger partial charge in [0.05, 0.1) is 0 Å². The fraction of sp³-hybridized carbons (Fsp3) is 0.538. The maximum Gasteiger partial charge on any atom is 0.0406 e. The first-order valence-electron chi connectivity index (χ1n) is 5.93. The van der Waals surface area contributed by atoms with E-state index in [4.69, 9.17) is 17.3 Å². The van der Waals surface area contributed by atoms with Crippen molar-refractivity contribution in [3.8, 4) is 0 Å². The van der Waals surface area contributed by atoms with Gasteiger partial charge in [0.25, 0.3) is 0 Å². The second-order valence-corrected chi connectivity index (χ2v) is 4.39. The zero-order valence-corrected chi connectivity index (χ0v) is 10.7. The Morgan fingerprint density at radius 1 is 1.19 bits per heavy atom. The predicted molar refractivity (Wildman–Crippen MR) is 70.9 cm³/mol. The number of hydrogen-bond acceptors (Lipinski definition) is 2. The summed E-state index contributed by atoms with van der Waals surface area (Å²) >= 11 is 5.85. The SMILES string of the molecule is CCN(CCCN)CCc1ccc(Cl)cc1. The molecular formula is C13H21ClN2. The van der Waals surface area contributed by atoms with Crippen molar-refractivity contribution >= 4 is 11.6 Å². The Morgan fingerprint density at radius 2 is 1.88 bits per heavy atom. The minimum absolute atomic E-state index is 0.775. The van der Waals surface area contributed by atoms with Crippen molar-refractivity contribution in [2.45, 2.75) is 19.8 Å². The Hall–Kier alpha value is -0.570. The molecule has 0 unspecified atom stereocenters. The van der Waals surface area contributed by atoms with Gasteiger partial charge in [-0.05, 0) is 50.2 Å². The zero-order chi connectivity index (χ0) is 11.8. The molecular weight excluding hydrogens is 220 g/mol. The highest BCUT2D eigenvalue weighted by Gasteiger charge is 2.01. The molecule has 0 aliphatic carbocycles. The summed E-state index contributed by atoms with van der Waals surface area (Å²) in [5, 5.41) is 0.805. The summed E-state index contributed by atoms with van der Waals surface area (Å²) in [6.07, 6.45) is 2.16.